The molecule has 0 saturated carbocycles. The summed E-state index contributed by atoms with van der Waals surface area (Å²) in [5.41, 5.74) is 0. The van der Waals surface area contributed by atoms with Gasteiger partial charge in [-0.25, -0.2) is 0 Å². The van der Waals surface area contributed by atoms with E-state index in [1.54, 1.807) is 0 Å². The third kappa shape index (κ3) is 3.20. The normalized spacial score (nSPS) is 25.5. The molecule has 0 spiro atoms. The van der Waals surface area contributed by atoms with E-state index < -0.39 is 44.9 Å². The van der Waals surface area contributed by atoms with Crippen LogP contribution in [0.1, 0.15) is 0 Å². The number of halogens is 2. The maximum Gasteiger partial charge on any atom is 0.549 e. The fourth-order valence-electron chi connectivity index (χ4n) is 7.05. The third-order valence-corrected chi connectivity index (χ3v) is 17.8. The maximum absolute atomic E-state index is 8.12. The summed E-state index contributed by atoms with van der Waals surface area (Å²) in [6.45, 7) is 28.9. The topological polar surface area (TPSA) is 20.7 Å². The molecule has 2 aromatic rings. The summed E-state index contributed by atoms with van der Waals surface area (Å²) in [5, 5.41) is 0. The molecule has 3 aliphatic rings. The van der Waals surface area contributed by atoms with E-state index in [0.717, 1.165) is 0 Å². The second kappa shape index (κ2) is 7.38. The van der Waals surface area contributed by atoms with E-state index in [9.17, 15) is 0 Å². The van der Waals surface area contributed by atoms with Gasteiger partial charge in [0.05, 0.1) is 0 Å². The molecule has 5 heterocycles. The highest BCUT2D eigenvalue weighted by molar-refractivity contribution is 7.32. The molecule has 5 rings (SSSR count). The van der Waals surface area contributed by atoms with Gasteiger partial charge >= 0.3 is 11.9 Å². The molecule has 2 aromatic heterocycles. The first-order valence-electron chi connectivity index (χ1n) is 13.2. The molecule has 0 amide bonds. The van der Waals surface area contributed by atoms with Gasteiger partial charge < -0.3 is 26.9 Å². The Morgan fingerprint density at radius 1 is 0.472 bits per heavy atom. The first-order valence-corrected chi connectivity index (χ1v) is 27.8. The van der Waals surface area contributed by atoms with Crippen LogP contribution in [0.4, 0.5) is 23.3 Å². The van der Waals surface area contributed by atoms with Crippen molar-refractivity contribution < 1.29 is 8.96 Å². The average Bonchev–Trinajstić information content (AvgIpc) is 2.61. The summed E-state index contributed by atoms with van der Waals surface area (Å²) in [6, 6.07) is 13.5. The molecule has 6 nitrogen and oxygen atoms in total. The number of hydrogen-bond donors (Lipinski definition) is 0. The van der Waals surface area contributed by atoms with E-state index in [0.29, 0.717) is 0 Å². The summed E-state index contributed by atoms with van der Waals surface area (Å²) < 4.78 is 15.4. The van der Waals surface area contributed by atoms with Crippen molar-refractivity contribution >= 4 is 91.1 Å². The highest BCUT2D eigenvalue weighted by Gasteiger charge is 2.71. The Balaban J connectivity index is 1.99. The number of pyridine rings is 2. The summed E-state index contributed by atoms with van der Waals surface area (Å²) in [6.07, 6.45) is 0. The van der Waals surface area contributed by atoms with Crippen molar-refractivity contribution in [2.75, 3.05) is 17.9 Å². The zero-order valence-electron chi connectivity index (χ0n) is 24.1. The summed E-state index contributed by atoms with van der Waals surface area (Å²) in [5.74, 6) is 1.34. The van der Waals surface area contributed by atoms with E-state index in [-0.39, 0.29) is 0 Å². The minimum Gasteiger partial charge on any atom is -0.447 e. The minimum atomic E-state index is -2.01. The van der Waals surface area contributed by atoms with Gasteiger partial charge in [0, 0.05) is 24.3 Å². The van der Waals surface area contributed by atoms with Crippen molar-refractivity contribution in [2.24, 2.45) is 0 Å². The van der Waals surface area contributed by atoms with Crippen LogP contribution in [-0.2, 0) is 0 Å². The van der Waals surface area contributed by atoms with Crippen LogP contribution in [0.3, 0.4) is 0 Å². The van der Waals surface area contributed by atoms with E-state index in [1.165, 1.54) is 23.3 Å². The Hall–Kier alpha value is -0.923. The lowest BCUT2D eigenvalue weighted by Gasteiger charge is -2.71. The Morgan fingerprint density at radius 3 is 0.833 bits per heavy atom. The first-order chi connectivity index (χ1) is 16.2. The van der Waals surface area contributed by atoms with E-state index >= 15 is 0 Å². The monoisotopic (exact) mass is 594 g/mol. The molecule has 0 aromatic carbocycles. The van der Waals surface area contributed by atoms with Crippen LogP contribution in [0.25, 0.3) is 0 Å². The molecule has 0 saturated heterocycles. The summed E-state index contributed by atoms with van der Waals surface area (Å²) in [7, 11) is -7.70. The number of hydrogen-bond acceptors (Lipinski definition) is 4. The largest absolute Gasteiger partial charge is 0.549 e. The average molecular weight is 595 g/mol. The SMILES string of the molecule is C[Si](C)(C)N1c2cccc3[n+]2[B@-]1(Cl)N([Si](C)(C)C)c1cccc2[n+]1[B@@-](Cl)(N3[Si](C)(C)C)N2[Si](C)(C)C. The van der Waals surface area contributed by atoms with Gasteiger partial charge in [0.25, 0.3) is 0 Å². The Labute approximate surface area is 231 Å². The second-order valence-electron chi connectivity index (χ2n) is 14.7. The molecule has 0 N–H and O–H groups in total. The van der Waals surface area contributed by atoms with Crippen molar-refractivity contribution in [1.29, 1.82) is 0 Å². The molecular weight excluding hydrogens is 553 g/mol. The highest BCUT2D eigenvalue weighted by atomic mass is 35.5. The summed E-state index contributed by atoms with van der Waals surface area (Å²) >= 11 is 16.2. The molecule has 0 atom stereocenters. The van der Waals surface area contributed by atoms with Crippen LogP contribution >= 0.6 is 22.9 Å². The van der Waals surface area contributed by atoms with E-state index in [4.69, 9.17) is 22.9 Å². The molecule has 0 unspecified atom stereocenters. The zero-order valence-corrected chi connectivity index (χ0v) is 29.6. The lowest BCUT2D eigenvalue weighted by atomic mass is 9.77. The van der Waals surface area contributed by atoms with Gasteiger partial charge in [-0.3, -0.25) is 22.9 Å². The Morgan fingerprint density at radius 2 is 0.667 bits per heavy atom. The molecule has 0 aliphatic carbocycles. The third-order valence-electron chi connectivity index (χ3n) is 7.82. The van der Waals surface area contributed by atoms with Gasteiger partial charge in [0.1, 0.15) is 23.3 Å². The van der Waals surface area contributed by atoms with E-state index in [1.807, 2.05) is 0 Å². The number of aromatic nitrogens is 2. The van der Waals surface area contributed by atoms with Crippen molar-refractivity contribution in [3.05, 3.63) is 36.4 Å². The van der Waals surface area contributed by atoms with Gasteiger partial charge in [-0.1, -0.05) is 0 Å². The molecule has 0 radical (unpaired) electrons. The predicted octanol–water partition coefficient (Wildman–Crippen LogP) is 5.61. The Bertz CT molecular complexity index is 1180. The van der Waals surface area contributed by atoms with Crippen LogP contribution in [0.15, 0.2) is 36.4 Å². The highest BCUT2D eigenvalue weighted by Crippen LogP contribution is 2.49. The minimum absolute atomic E-state index is 1.17. The van der Waals surface area contributed by atoms with Crippen molar-refractivity contribution in [3.8, 4) is 0 Å². The lowest BCUT2D eigenvalue weighted by molar-refractivity contribution is -0.553. The van der Waals surface area contributed by atoms with Gasteiger partial charge in [-0.15, -0.1) is 0 Å². The predicted molar refractivity (Wildman–Crippen MR) is 171 cm³/mol. The number of rotatable bonds is 4. The van der Waals surface area contributed by atoms with E-state index in [2.05, 4.69) is 142 Å². The standard InChI is InChI=1S/C22H42B2Cl2N6Si4/c1-33(2,3)29-19-15-13-17-21-27(19)23(29,25)31(35(7,8)9)22-18-14-16-20-28(22)24(26,30(20)34(4,5)6)32(21)36(10,11)12/h13-18H,1-12H3/t23-,24+. The molecule has 3 aliphatic heterocycles. The molecule has 0 fully saturated rings. The van der Waals surface area contributed by atoms with Crippen LogP contribution in [-0.4, -0.2) is 44.9 Å². The maximum atomic E-state index is 8.12. The van der Waals surface area contributed by atoms with Crippen molar-refractivity contribution in [3.63, 3.8) is 0 Å². The van der Waals surface area contributed by atoms with Crippen molar-refractivity contribution in [2.45, 2.75) is 78.6 Å². The quantitative estimate of drug-likeness (QED) is 0.429. The van der Waals surface area contributed by atoms with Crippen LogP contribution < -0.4 is 26.9 Å². The Kier molecular flexibility index (Phi) is 5.47. The molecule has 0 bridgehead atoms. The van der Waals surface area contributed by atoms with Gasteiger partial charge in [-0.2, -0.15) is 0 Å². The number of nitrogens with zero attached hydrogens (tertiary/aromatic N) is 6. The van der Waals surface area contributed by atoms with Gasteiger partial charge in [0.15, 0.2) is 32.9 Å². The fraction of sp³-hybridized carbons (Fsp3) is 0.545. The zero-order chi connectivity index (χ0) is 27.0. The first kappa shape index (κ1) is 26.7. The molecule has 14 heteroatoms. The van der Waals surface area contributed by atoms with Gasteiger partial charge in [-0.05, 0) is 90.7 Å². The van der Waals surface area contributed by atoms with Crippen molar-refractivity contribution in [1.82, 2.24) is 0 Å². The van der Waals surface area contributed by atoms with Crippen LogP contribution in [0, 0.1) is 0 Å². The van der Waals surface area contributed by atoms with Crippen LogP contribution in [0.2, 0.25) is 78.6 Å². The van der Waals surface area contributed by atoms with Crippen LogP contribution in [0.5, 0.6) is 0 Å². The molecular formula is C22H42B2Cl2N6Si4. The summed E-state index contributed by atoms with van der Waals surface area (Å²) in [4.78, 5) is 0. The van der Waals surface area contributed by atoms with Gasteiger partial charge in [0.2, 0.25) is 0 Å². The second-order valence-corrected chi connectivity index (χ2v) is 35.1. The molecule has 36 heavy (non-hydrogen) atoms. The molecule has 196 valence electrons. The lowest BCUT2D eigenvalue weighted by Crippen LogP contribution is -3.02. The smallest absolute Gasteiger partial charge is 0.447 e. The fourth-order valence-corrected chi connectivity index (χ4v) is 19.9. The number of anilines is 4.